The van der Waals surface area contributed by atoms with E-state index in [9.17, 15) is 18.0 Å². The summed E-state index contributed by atoms with van der Waals surface area (Å²) in [6.07, 6.45) is -0.811. The van der Waals surface area contributed by atoms with Gasteiger partial charge in [-0.3, -0.25) is 4.79 Å². The highest BCUT2D eigenvalue weighted by atomic mass is 32.2. The van der Waals surface area contributed by atoms with Gasteiger partial charge in [-0.1, -0.05) is 13.8 Å². The predicted octanol–water partition coefficient (Wildman–Crippen LogP) is -0.0763. The van der Waals surface area contributed by atoms with Gasteiger partial charge in [0.25, 0.3) is 0 Å². The summed E-state index contributed by atoms with van der Waals surface area (Å²) in [4.78, 5) is 21.6. The molecule has 0 spiro atoms. The van der Waals surface area contributed by atoms with Crippen molar-refractivity contribution in [1.29, 1.82) is 0 Å². The summed E-state index contributed by atoms with van der Waals surface area (Å²) < 4.78 is 30.3. The van der Waals surface area contributed by atoms with Crippen molar-refractivity contribution >= 4 is 22.3 Å². The molecule has 1 unspecified atom stereocenters. The lowest BCUT2D eigenvalue weighted by atomic mass is 9.98. The van der Waals surface area contributed by atoms with E-state index < -0.39 is 28.2 Å². The standard InChI is InChI=1S/C9H18N2O6S/c1-6(2)4-7(8(12)13)5-10-18(15,16)11-9(14)17-3/h6-7,10H,4-5H2,1-3H3,(H,11,14)(H,12,13). The van der Waals surface area contributed by atoms with Crippen LogP contribution in [0.2, 0.25) is 0 Å². The third kappa shape index (κ3) is 7.07. The molecule has 9 heteroatoms. The van der Waals surface area contributed by atoms with Gasteiger partial charge in [-0.25, -0.2) is 9.52 Å². The Bertz CT molecular complexity index is 392. The first kappa shape index (κ1) is 16.6. The molecule has 0 aliphatic rings. The van der Waals surface area contributed by atoms with E-state index in [-0.39, 0.29) is 12.5 Å². The van der Waals surface area contributed by atoms with Gasteiger partial charge in [0, 0.05) is 6.54 Å². The summed E-state index contributed by atoms with van der Waals surface area (Å²) in [7, 11) is -3.08. The Hall–Kier alpha value is -1.35. The van der Waals surface area contributed by atoms with Gasteiger partial charge in [-0.05, 0) is 12.3 Å². The molecule has 1 atom stereocenters. The first-order chi connectivity index (χ1) is 8.18. The fourth-order valence-electron chi connectivity index (χ4n) is 1.24. The topological polar surface area (TPSA) is 122 Å². The summed E-state index contributed by atoms with van der Waals surface area (Å²) in [6, 6.07) is 0. The lowest BCUT2D eigenvalue weighted by molar-refractivity contribution is -0.142. The predicted molar refractivity (Wildman–Crippen MR) is 63.0 cm³/mol. The highest BCUT2D eigenvalue weighted by molar-refractivity contribution is 7.88. The Balaban J connectivity index is 4.42. The molecule has 0 heterocycles. The lowest BCUT2D eigenvalue weighted by Crippen LogP contribution is -2.43. The number of carbonyl (C=O) groups is 2. The Morgan fingerprint density at radius 1 is 1.33 bits per heavy atom. The van der Waals surface area contributed by atoms with E-state index in [1.54, 1.807) is 4.72 Å². The van der Waals surface area contributed by atoms with Crippen LogP contribution in [0.5, 0.6) is 0 Å². The van der Waals surface area contributed by atoms with Crippen LogP contribution in [0.15, 0.2) is 0 Å². The molecule has 0 aromatic heterocycles. The van der Waals surface area contributed by atoms with E-state index in [0.717, 1.165) is 7.11 Å². The maximum atomic E-state index is 11.3. The number of hydrogen-bond donors (Lipinski definition) is 3. The fraction of sp³-hybridized carbons (Fsp3) is 0.778. The molecule has 0 fully saturated rings. The number of nitrogens with one attached hydrogen (secondary N) is 2. The van der Waals surface area contributed by atoms with Gasteiger partial charge in [0.15, 0.2) is 0 Å². The fourth-order valence-corrected chi connectivity index (χ4v) is 2.03. The molecule has 0 saturated heterocycles. The van der Waals surface area contributed by atoms with Crippen LogP contribution < -0.4 is 9.44 Å². The van der Waals surface area contributed by atoms with Crippen molar-refractivity contribution in [3.63, 3.8) is 0 Å². The van der Waals surface area contributed by atoms with Gasteiger partial charge in [0.1, 0.15) is 0 Å². The van der Waals surface area contributed by atoms with Gasteiger partial charge < -0.3 is 9.84 Å². The quantitative estimate of drug-likeness (QED) is 0.600. The first-order valence-corrected chi connectivity index (χ1v) is 6.74. The molecule has 106 valence electrons. The summed E-state index contributed by atoms with van der Waals surface area (Å²) >= 11 is 0. The van der Waals surface area contributed by atoms with E-state index in [0.29, 0.717) is 6.42 Å². The van der Waals surface area contributed by atoms with Crippen molar-refractivity contribution in [3.05, 3.63) is 0 Å². The van der Waals surface area contributed by atoms with Crippen LogP contribution in [-0.2, 0) is 19.7 Å². The number of ether oxygens (including phenoxy) is 1. The van der Waals surface area contributed by atoms with Crippen molar-refractivity contribution in [1.82, 2.24) is 9.44 Å². The number of carboxylic acids is 1. The molecular weight excluding hydrogens is 264 g/mol. The molecule has 18 heavy (non-hydrogen) atoms. The van der Waals surface area contributed by atoms with Gasteiger partial charge in [-0.2, -0.15) is 13.1 Å². The number of carbonyl (C=O) groups excluding carboxylic acids is 1. The van der Waals surface area contributed by atoms with Crippen LogP contribution in [0.25, 0.3) is 0 Å². The molecule has 0 radical (unpaired) electrons. The van der Waals surface area contributed by atoms with E-state index >= 15 is 0 Å². The minimum atomic E-state index is -4.10. The van der Waals surface area contributed by atoms with Crippen molar-refractivity contribution in [2.24, 2.45) is 11.8 Å². The van der Waals surface area contributed by atoms with Crippen LogP contribution in [0.4, 0.5) is 4.79 Å². The van der Waals surface area contributed by atoms with Gasteiger partial charge >= 0.3 is 22.3 Å². The first-order valence-electron chi connectivity index (χ1n) is 5.26. The highest BCUT2D eigenvalue weighted by Gasteiger charge is 2.22. The highest BCUT2D eigenvalue weighted by Crippen LogP contribution is 2.11. The van der Waals surface area contributed by atoms with Crippen molar-refractivity contribution < 1.29 is 27.9 Å². The second kappa shape index (κ2) is 7.17. The minimum absolute atomic E-state index is 0.115. The SMILES string of the molecule is COC(=O)NS(=O)(=O)NCC(CC(C)C)C(=O)O. The molecule has 3 N–H and O–H groups in total. The Morgan fingerprint density at radius 2 is 1.89 bits per heavy atom. The number of aliphatic carboxylic acids is 1. The van der Waals surface area contributed by atoms with Crippen molar-refractivity contribution in [3.8, 4) is 0 Å². The zero-order valence-electron chi connectivity index (χ0n) is 10.5. The molecule has 0 bridgehead atoms. The Labute approximate surface area is 106 Å². The maximum Gasteiger partial charge on any atom is 0.421 e. The van der Waals surface area contributed by atoms with Gasteiger partial charge in [0.2, 0.25) is 0 Å². The Morgan fingerprint density at radius 3 is 2.28 bits per heavy atom. The van der Waals surface area contributed by atoms with Gasteiger partial charge in [0.05, 0.1) is 13.0 Å². The molecule has 0 aromatic rings. The molecule has 1 amide bonds. The number of carboxylic acid groups (broad SMARTS) is 1. The lowest BCUT2D eigenvalue weighted by Gasteiger charge is -2.15. The monoisotopic (exact) mass is 282 g/mol. The smallest absolute Gasteiger partial charge is 0.421 e. The molecule has 0 aliphatic carbocycles. The number of rotatable bonds is 7. The van der Waals surface area contributed by atoms with Crippen LogP contribution in [-0.4, -0.2) is 39.2 Å². The van der Waals surface area contributed by atoms with E-state index in [4.69, 9.17) is 5.11 Å². The number of amides is 1. The molecular formula is C9H18N2O6S. The summed E-state index contributed by atoms with van der Waals surface area (Å²) in [5.74, 6) is -1.83. The van der Waals surface area contributed by atoms with Crippen LogP contribution >= 0.6 is 0 Å². The normalized spacial score (nSPS) is 13.1. The third-order valence-corrected chi connectivity index (χ3v) is 3.01. The molecule has 0 saturated carbocycles. The second-order valence-corrected chi connectivity index (χ2v) is 5.61. The molecule has 8 nitrogen and oxygen atoms in total. The number of methoxy groups -OCH3 is 1. The van der Waals surface area contributed by atoms with Crippen molar-refractivity contribution in [2.45, 2.75) is 20.3 Å². The van der Waals surface area contributed by atoms with Crippen molar-refractivity contribution in [2.75, 3.05) is 13.7 Å². The third-order valence-electron chi connectivity index (χ3n) is 2.03. The zero-order valence-corrected chi connectivity index (χ0v) is 11.3. The average Bonchev–Trinajstić information content (AvgIpc) is 2.22. The van der Waals surface area contributed by atoms with Gasteiger partial charge in [-0.15, -0.1) is 0 Å². The maximum absolute atomic E-state index is 11.3. The summed E-state index contributed by atoms with van der Waals surface area (Å²) in [5, 5.41) is 8.90. The van der Waals surface area contributed by atoms with E-state index in [2.05, 4.69) is 4.74 Å². The van der Waals surface area contributed by atoms with E-state index in [1.807, 2.05) is 18.6 Å². The molecule has 0 rings (SSSR count). The number of hydrogen-bond acceptors (Lipinski definition) is 5. The van der Waals surface area contributed by atoms with Crippen LogP contribution in [0, 0.1) is 11.8 Å². The molecule has 0 aromatic carbocycles. The van der Waals surface area contributed by atoms with Crippen LogP contribution in [0.3, 0.4) is 0 Å². The largest absolute Gasteiger partial charge is 0.481 e. The second-order valence-electron chi connectivity index (χ2n) is 4.11. The Kier molecular flexibility index (Phi) is 6.63. The van der Waals surface area contributed by atoms with Crippen LogP contribution in [0.1, 0.15) is 20.3 Å². The summed E-state index contributed by atoms with van der Waals surface area (Å²) in [6.45, 7) is 3.37. The zero-order chi connectivity index (χ0) is 14.3. The summed E-state index contributed by atoms with van der Waals surface area (Å²) in [5.41, 5.74) is 0. The molecule has 0 aliphatic heterocycles. The average molecular weight is 282 g/mol. The minimum Gasteiger partial charge on any atom is -0.481 e. The van der Waals surface area contributed by atoms with E-state index in [1.165, 1.54) is 0 Å².